The molecule has 0 aromatic carbocycles. The molecule has 1 saturated heterocycles. The third-order valence-corrected chi connectivity index (χ3v) is 5.06. The monoisotopic (exact) mass is 338 g/mol. The summed E-state index contributed by atoms with van der Waals surface area (Å²) < 4.78 is 0. The summed E-state index contributed by atoms with van der Waals surface area (Å²) in [5.41, 5.74) is 4.96. The number of aryl methyl sites for hydroxylation is 1. The smallest absolute Gasteiger partial charge is 0.0593 e. The van der Waals surface area contributed by atoms with Gasteiger partial charge < -0.3 is 0 Å². The zero-order chi connectivity index (χ0) is 17.6. The molecule has 0 atom stereocenters. The van der Waals surface area contributed by atoms with Crippen LogP contribution in [0.25, 0.3) is 0 Å². The van der Waals surface area contributed by atoms with Gasteiger partial charge in [-0.1, -0.05) is 32.4 Å². The number of pyridine rings is 2. The van der Waals surface area contributed by atoms with E-state index in [9.17, 15) is 0 Å². The molecule has 25 heavy (non-hydrogen) atoms. The molecule has 3 rings (SSSR count). The normalized spacial score (nSPS) is 15.9. The van der Waals surface area contributed by atoms with Gasteiger partial charge in [-0.3, -0.25) is 9.97 Å². The molecule has 0 saturated carbocycles. The highest BCUT2D eigenvalue weighted by molar-refractivity contribution is 5.23. The van der Waals surface area contributed by atoms with Crippen LogP contribution in [0.5, 0.6) is 0 Å². The van der Waals surface area contributed by atoms with Crippen molar-refractivity contribution in [3.05, 3.63) is 59.2 Å². The van der Waals surface area contributed by atoms with E-state index < -0.39 is 0 Å². The largest absolute Gasteiger partial charge is 0.260 e. The van der Waals surface area contributed by atoms with Crippen molar-refractivity contribution in [3.8, 4) is 0 Å². The standard InChI is InChI=1S/C21H30N4/c1-17(2)19-10-8-12-23-21(19)16-25(24-13-5-4-6-14-24)15-20-18(3)9-7-11-22-20/h7-12,17H,4-6,13-16H2,1-3H3. The zero-order valence-electron chi connectivity index (χ0n) is 15.8. The number of piperidine rings is 1. The van der Waals surface area contributed by atoms with Crippen LogP contribution in [0.15, 0.2) is 36.7 Å². The summed E-state index contributed by atoms with van der Waals surface area (Å²) >= 11 is 0. The van der Waals surface area contributed by atoms with Gasteiger partial charge in [-0.05, 0) is 48.9 Å². The topological polar surface area (TPSA) is 32.3 Å². The highest BCUT2D eigenvalue weighted by Gasteiger charge is 2.21. The molecule has 134 valence electrons. The molecule has 3 heterocycles. The molecule has 0 spiro atoms. The molecule has 1 aliphatic rings. The maximum absolute atomic E-state index is 4.71. The number of hydrogen-bond acceptors (Lipinski definition) is 4. The Labute approximate surface area is 151 Å². The molecule has 0 unspecified atom stereocenters. The Morgan fingerprint density at radius 3 is 2.28 bits per heavy atom. The van der Waals surface area contributed by atoms with E-state index >= 15 is 0 Å². The average molecular weight is 338 g/mol. The fourth-order valence-electron chi connectivity index (χ4n) is 3.55. The van der Waals surface area contributed by atoms with Crippen LogP contribution in [0.1, 0.15) is 61.5 Å². The summed E-state index contributed by atoms with van der Waals surface area (Å²) in [6.07, 6.45) is 7.71. The van der Waals surface area contributed by atoms with Gasteiger partial charge in [-0.25, -0.2) is 10.0 Å². The molecule has 0 aliphatic carbocycles. The highest BCUT2D eigenvalue weighted by atomic mass is 15.6. The summed E-state index contributed by atoms with van der Waals surface area (Å²) in [5, 5.41) is 4.97. The fourth-order valence-corrected chi connectivity index (χ4v) is 3.55. The minimum atomic E-state index is 0.489. The Kier molecular flexibility index (Phi) is 6.16. The van der Waals surface area contributed by atoms with E-state index in [0.29, 0.717) is 5.92 Å². The fraction of sp³-hybridized carbons (Fsp3) is 0.524. The minimum Gasteiger partial charge on any atom is -0.260 e. The lowest BCUT2D eigenvalue weighted by molar-refractivity contribution is -0.0564. The number of nitrogens with zero attached hydrogens (tertiary/aromatic N) is 4. The van der Waals surface area contributed by atoms with Crippen molar-refractivity contribution >= 4 is 0 Å². The van der Waals surface area contributed by atoms with Crippen molar-refractivity contribution in [2.75, 3.05) is 13.1 Å². The minimum absolute atomic E-state index is 0.489. The molecule has 0 bridgehead atoms. The van der Waals surface area contributed by atoms with E-state index in [0.717, 1.165) is 31.9 Å². The summed E-state index contributed by atoms with van der Waals surface area (Å²) in [7, 11) is 0. The van der Waals surface area contributed by atoms with Crippen LogP contribution in [0.3, 0.4) is 0 Å². The molecular formula is C21H30N4. The van der Waals surface area contributed by atoms with Crippen molar-refractivity contribution in [1.82, 2.24) is 20.0 Å². The van der Waals surface area contributed by atoms with E-state index in [1.54, 1.807) is 0 Å². The van der Waals surface area contributed by atoms with Gasteiger partial charge in [0.05, 0.1) is 24.5 Å². The van der Waals surface area contributed by atoms with Crippen LogP contribution in [0.4, 0.5) is 0 Å². The lowest BCUT2D eigenvalue weighted by Crippen LogP contribution is -2.45. The van der Waals surface area contributed by atoms with Gasteiger partial charge in [-0.2, -0.15) is 0 Å². The summed E-state index contributed by atoms with van der Waals surface area (Å²) in [5.74, 6) is 0.489. The first-order valence-corrected chi connectivity index (χ1v) is 9.49. The molecule has 1 fully saturated rings. The molecule has 4 nitrogen and oxygen atoms in total. The van der Waals surface area contributed by atoms with Gasteiger partial charge >= 0.3 is 0 Å². The second kappa shape index (κ2) is 8.54. The van der Waals surface area contributed by atoms with Gasteiger partial charge in [-0.15, -0.1) is 0 Å². The molecular weight excluding hydrogens is 308 g/mol. The first-order valence-electron chi connectivity index (χ1n) is 9.49. The molecule has 2 aromatic rings. The number of rotatable bonds is 6. The van der Waals surface area contributed by atoms with Gasteiger partial charge in [0.15, 0.2) is 0 Å². The third-order valence-electron chi connectivity index (χ3n) is 5.06. The summed E-state index contributed by atoms with van der Waals surface area (Å²) in [6.45, 7) is 10.6. The number of hydrogen-bond donors (Lipinski definition) is 0. The molecule has 4 heteroatoms. The van der Waals surface area contributed by atoms with Crippen LogP contribution in [0.2, 0.25) is 0 Å². The quantitative estimate of drug-likeness (QED) is 0.785. The molecule has 2 aromatic heterocycles. The molecule has 1 aliphatic heterocycles. The first-order chi connectivity index (χ1) is 12.1. The van der Waals surface area contributed by atoms with Crippen molar-refractivity contribution in [2.24, 2.45) is 0 Å². The third kappa shape index (κ3) is 4.65. The van der Waals surface area contributed by atoms with E-state index in [2.05, 4.69) is 47.9 Å². The van der Waals surface area contributed by atoms with Crippen LogP contribution >= 0.6 is 0 Å². The maximum atomic E-state index is 4.71. The first kappa shape index (κ1) is 18.0. The van der Waals surface area contributed by atoms with Crippen molar-refractivity contribution < 1.29 is 0 Å². The van der Waals surface area contributed by atoms with Gasteiger partial charge in [0.2, 0.25) is 0 Å². The second-order valence-corrected chi connectivity index (χ2v) is 7.30. The van der Waals surface area contributed by atoms with E-state index in [-0.39, 0.29) is 0 Å². The van der Waals surface area contributed by atoms with Crippen molar-refractivity contribution in [1.29, 1.82) is 0 Å². The number of hydrazine groups is 1. The Bertz CT molecular complexity index is 677. The van der Waals surface area contributed by atoms with Gasteiger partial charge in [0, 0.05) is 25.5 Å². The van der Waals surface area contributed by atoms with E-state index in [1.165, 1.54) is 36.1 Å². The van der Waals surface area contributed by atoms with E-state index in [4.69, 9.17) is 4.98 Å². The van der Waals surface area contributed by atoms with Crippen molar-refractivity contribution in [3.63, 3.8) is 0 Å². The Morgan fingerprint density at radius 2 is 1.60 bits per heavy atom. The molecule has 0 N–H and O–H groups in total. The van der Waals surface area contributed by atoms with Crippen LogP contribution in [-0.2, 0) is 13.1 Å². The van der Waals surface area contributed by atoms with E-state index in [1.807, 2.05) is 24.5 Å². The maximum Gasteiger partial charge on any atom is 0.0593 e. The van der Waals surface area contributed by atoms with Crippen LogP contribution < -0.4 is 0 Å². The lowest BCUT2D eigenvalue weighted by atomic mass is 10.0. The Balaban J connectivity index is 1.85. The highest BCUT2D eigenvalue weighted by Crippen LogP contribution is 2.22. The Morgan fingerprint density at radius 1 is 0.960 bits per heavy atom. The predicted octanol–water partition coefficient (Wildman–Crippen LogP) is 4.31. The second-order valence-electron chi connectivity index (χ2n) is 7.30. The zero-order valence-corrected chi connectivity index (χ0v) is 15.8. The molecule has 0 radical (unpaired) electrons. The lowest BCUT2D eigenvalue weighted by Gasteiger charge is -2.37. The van der Waals surface area contributed by atoms with Crippen LogP contribution in [-0.4, -0.2) is 33.1 Å². The SMILES string of the molecule is Cc1cccnc1CN(Cc1ncccc1C(C)C)N1CCCCC1. The van der Waals surface area contributed by atoms with Crippen molar-refractivity contribution in [2.45, 2.75) is 59.0 Å². The molecule has 0 amide bonds. The summed E-state index contributed by atoms with van der Waals surface area (Å²) in [6, 6.07) is 8.43. The van der Waals surface area contributed by atoms with Gasteiger partial charge in [0.1, 0.15) is 0 Å². The summed E-state index contributed by atoms with van der Waals surface area (Å²) in [4.78, 5) is 9.33. The Hall–Kier alpha value is -1.78. The average Bonchev–Trinajstić information content (AvgIpc) is 2.64. The van der Waals surface area contributed by atoms with Crippen LogP contribution in [0, 0.1) is 6.92 Å². The van der Waals surface area contributed by atoms with Gasteiger partial charge in [0.25, 0.3) is 0 Å². The predicted molar refractivity (Wildman–Crippen MR) is 102 cm³/mol. The number of aromatic nitrogens is 2.